The zero-order chi connectivity index (χ0) is 30.5. The molecule has 0 aliphatic carbocycles. The lowest BCUT2D eigenvalue weighted by Gasteiger charge is -2.19. The van der Waals surface area contributed by atoms with Crippen molar-refractivity contribution in [3.05, 3.63) is 59.7 Å². The summed E-state index contributed by atoms with van der Waals surface area (Å²) in [4.78, 5) is 50.6. The highest BCUT2D eigenvalue weighted by Crippen LogP contribution is 2.38. The van der Waals surface area contributed by atoms with Gasteiger partial charge in [-0.25, -0.2) is 22.8 Å². The number of nitrogens with zero attached hydrogens (tertiary/aromatic N) is 4. The minimum atomic E-state index is -4.28. The standard InChI is InChI=1S/C29H36N4O8S/c1-21-20-40-32(18-9-19-42(37,38)39)23(21)11-7-12-24-29(2,3)22-10-8-17-31(28(22)30-24)16-6-4-5-13-27(36)41-33-25(34)14-15-26(33)35/h7-8,10-12,17,20H,4-6,9,13-16,18-19H2,1-3H3. The number of aryl methyl sites for hydroxylation is 1. The number of rotatable bonds is 13. The molecule has 1 fully saturated rings. The molecule has 0 unspecified atom stereocenters. The molecule has 3 aliphatic heterocycles. The molecule has 4 rings (SSSR count). The molecule has 0 radical (unpaired) electrons. The average molecular weight is 601 g/mol. The van der Waals surface area contributed by atoms with Crippen LogP contribution in [0.4, 0.5) is 5.82 Å². The second kappa shape index (κ2) is 13.0. The van der Waals surface area contributed by atoms with E-state index in [9.17, 15) is 27.4 Å². The number of amides is 2. The molecule has 42 heavy (non-hydrogen) atoms. The number of hydroxylamine groups is 4. The van der Waals surface area contributed by atoms with Gasteiger partial charge in [-0.1, -0.05) is 6.08 Å². The summed E-state index contributed by atoms with van der Waals surface area (Å²) in [5.41, 5.74) is 3.31. The predicted molar refractivity (Wildman–Crippen MR) is 150 cm³/mol. The average Bonchev–Trinajstić information content (AvgIpc) is 3.52. The van der Waals surface area contributed by atoms with Crippen LogP contribution in [0.2, 0.25) is 0 Å². The third kappa shape index (κ3) is 7.51. The van der Waals surface area contributed by atoms with Gasteiger partial charge in [-0.3, -0.25) is 9.59 Å². The van der Waals surface area contributed by atoms with Gasteiger partial charge in [-0.15, -0.1) is 5.06 Å². The molecule has 0 aromatic carbocycles. The van der Waals surface area contributed by atoms with Crippen molar-refractivity contribution in [1.82, 2.24) is 10.1 Å². The maximum Gasteiger partial charge on any atom is 0.333 e. The SMILES string of the molecule is CC1=CON(CCCS(=O)(=O)[O-])/C1=C/C=C/C1=Nc2c(ccc[n+]2CCCCCC(=O)ON2C(=O)CCC2=O)C1(C)C. The van der Waals surface area contributed by atoms with Gasteiger partial charge >= 0.3 is 11.8 Å². The Kier molecular flexibility index (Phi) is 9.62. The van der Waals surface area contributed by atoms with Crippen molar-refractivity contribution in [1.29, 1.82) is 0 Å². The van der Waals surface area contributed by atoms with Crippen LogP contribution >= 0.6 is 0 Å². The van der Waals surface area contributed by atoms with Crippen molar-refractivity contribution in [2.75, 3.05) is 12.3 Å². The Morgan fingerprint density at radius 1 is 1.19 bits per heavy atom. The van der Waals surface area contributed by atoms with Crippen molar-refractivity contribution in [3.63, 3.8) is 0 Å². The Bertz CT molecular complexity index is 1460. The van der Waals surface area contributed by atoms with Crippen LogP contribution in [0.5, 0.6) is 0 Å². The summed E-state index contributed by atoms with van der Waals surface area (Å²) in [6.07, 6.45) is 11.8. The molecule has 2 amide bonds. The topological polar surface area (TPSA) is 150 Å². The molecule has 4 heterocycles. The second-order valence-electron chi connectivity index (χ2n) is 11.0. The molecule has 0 bridgehead atoms. The van der Waals surface area contributed by atoms with E-state index in [0.717, 1.165) is 41.2 Å². The van der Waals surface area contributed by atoms with Crippen LogP contribution in [-0.4, -0.2) is 58.9 Å². The van der Waals surface area contributed by atoms with Crippen molar-refractivity contribution in [2.45, 2.75) is 77.7 Å². The van der Waals surface area contributed by atoms with E-state index in [4.69, 9.17) is 14.7 Å². The second-order valence-corrected chi connectivity index (χ2v) is 12.5. The third-order valence-electron chi connectivity index (χ3n) is 7.35. The molecule has 1 saturated heterocycles. The minimum absolute atomic E-state index is 0.0735. The maximum atomic E-state index is 12.0. The van der Waals surface area contributed by atoms with Gasteiger partial charge in [-0.05, 0) is 75.7 Å². The Labute approximate surface area is 245 Å². The lowest BCUT2D eigenvalue weighted by atomic mass is 9.82. The van der Waals surface area contributed by atoms with Gasteiger partial charge in [-0.2, -0.15) is 0 Å². The van der Waals surface area contributed by atoms with Gasteiger partial charge in [0.05, 0.1) is 46.1 Å². The third-order valence-corrected chi connectivity index (χ3v) is 8.14. The van der Waals surface area contributed by atoms with Crippen LogP contribution in [0.1, 0.15) is 71.3 Å². The first-order chi connectivity index (χ1) is 19.9. The van der Waals surface area contributed by atoms with Gasteiger partial charge in [0, 0.05) is 30.6 Å². The quantitative estimate of drug-likeness (QED) is 0.144. The van der Waals surface area contributed by atoms with Gasteiger partial charge in [0.25, 0.3) is 11.8 Å². The number of carbonyl (C=O) groups excluding carboxylic acids is 3. The Hall–Kier alpha value is -3.84. The molecule has 0 atom stereocenters. The van der Waals surface area contributed by atoms with E-state index in [1.165, 1.54) is 0 Å². The van der Waals surface area contributed by atoms with E-state index in [-0.39, 0.29) is 37.6 Å². The molecule has 0 N–H and O–H groups in total. The van der Waals surface area contributed by atoms with E-state index in [1.54, 1.807) is 11.3 Å². The summed E-state index contributed by atoms with van der Waals surface area (Å²) < 4.78 is 34.9. The summed E-state index contributed by atoms with van der Waals surface area (Å²) in [7, 11) is -4.28. The molecule has 12 nitrogen and oxygen atoms in total. The molecular weight excluding hydrogens is 564 g/mol. The maximum absolute atomic E-state index is 12.0. The van der Waals surface area contributed by atoms with Crippen molar-refractivity contribution >= 4 is 39.4 Å². The number of unbranched alkanes of at least 4 members (excludes halogenated alkanes) is 2. The molecule has 3 aliphatic rings. The lowest BCUT2D eigenvalue weighted by Crippen LogP contribution is -2.35. The zero-order valence-electron chi connectivity index (χ0n) is 24.1. The van der Waals surface area contributed by atoms with Crippen LogP contribution < -0.4 is 4.57 Å². The molecule has 1 aromatic rings. The van der Waals surface area contributed by atoms with Gasteiger partial charge < -0.3 is 14.2 Å². The first kappa shape index (κ1) is 31.1. The highest BCUT2D eigenvalue weighted by atomic mass is 32.2. The summed E-state index contributed by atoms with van der Waals surface area (Å²) in [6, 6.07) is 4.06. The fourth-order valence-corrected chi connectivity index (χ4v) is 5.45. The zero-order valence-corrected chi connectivity index (χ0v) is 24.9. The van der Waals surface area contributed by atoms with E-state index in [2.05, 4.69) is 24.5 Å². The Morgan fingerprint density at radius 2 is 1.93 bits per heavy atom. The molecule has 226 valence electrons. The predicted octanol–water partition coefficient (Wildman–Crippen LogP) is 3.03. The lowest BCUT2D eigenvalue weighted by molar-refractivity contribution is -0.684. The fourth-order valence-electron chi connectivity index (χ4n) is 4.97. The number of hydrogen-bond acceptors (Lipinski definition) is 10. The number of aliphatic imine (C=N–C) groups is 1. The summed E-state index contributed by atoms with van der Waals surface area (Å²) in [6.45, 7) is 7.09. The molecule has 1 aromatic heterocycles. The molecule has 13 heteroatoms. The number of hydrogen-bond donors (Lipinski definition) is 0. The van der Waals surface area contributed by atoms with Gasteiger partial charge in [0.1, 0.15) is 6.26 Å². The number of imide groups is 1. The van der Waals surface area contributed by atoms with Crippen molar-refractivity contribution in [2.24, 2.45) is 4.99 Å². The van der Waals surface area contributed by atoms with Crippen LogP contribution in [0, 0.1) is 0 Å². The minimum Gasteiger partial charge on any atom is -0.748 e. The van der Waals surface area contributed by atoms with Gasteiger partial charge in [0.2, 0.25) is 0 Å². The first-order valence-corrected chi connectivity index (χ1v) is 15.6. The number of allylic oxidation sites excluding steroid dienone is 4. The monoisotopic (exact) mass is 600 g/mol. The Morgan fingerprint density at radius 3 is 2.64 bits per heavy atom. The van der Waals surface area contributed by atoms with Crippen LogP contribution in [0.3, 0.4) is 0 Å². The van der Waals surface area contributed by atoms with E-state index >= 15 is 0 Å². The van der Waals surface area contributed by atoms with E-state index < -0.39 is 33.7 Å². The molecule has 0 saturated carbocycles. The largest absolute Gasteiger partial charge is 0.748 e. The Balaban J connectivity index is 1.33. The van der Waals surface area contributed by atoms with Crippen molar-refractivity contribution < 1.29 is 41.6 Å². The highest BCUT2D eigenvalue weighted by Gasteiger charge is 2.42. The molecule has 0 spiro atoms. The summed E-state index contributed by atoms with van der Waals surface area (Å²) >= 11 is 0. The smallest absolute Gasteiger partial charge is 0.333 e. The van der Waals surface area contributed by atoms with Crippen molar-refractivity contribution in [3.8, 4) is 0 Å². The first-order valence-electron chi connectivity index (χ1n) is 14.0. The summed E-state index contributed by atoms with van der Waals surface area (Å²) in [5.74, 6) is -1.12. The number of fused-ring (bicyclic) bond motifs is 1. The van der Waals surface area contributed by atoms with Crippen LogP contribution in [-0.2, 0) is 46.1 Å². The summed E-state index contributed by atoms with van der Waals surface area (Å²) in [5, 5.41) is 2.15. The molecular formula is C29H36N4O8S. The van der Waals surface area contributed by atoms with E-state index in [0.29, 0.717) is 18.0 Å². The van der Waals surface area contributed by atoms with Gasteiger partial charge in [0.15, 0.2) is 5.71 Å². The number of pyridine rings is 1. The van der Waals surface area contributed by atoms with Crippen LogP contribution in [0.15, 0.2) is 59.1 Å². The van der Waals surface area contributed by atoms with Crippen LogP contribution in [0.25, 0.3) is 0 Å². The fraction of sp³-hybridized carbons (Fsp3) is 0.483. The normalized spacial score (nSPS) is 19.0. The highest BCUT2D eigenvalue weighted by molar-refractivity contribution is 7.85. The number of aromatic nitrogens is 1. The number of carbonyl (C=O) groups is 3. The van der Waals surface area contributed by atoms with E-state index in [1.807, 2.05) is 37.4 Å².